The summed E-state index contributed by atoms with van der Waals surface area (Å²) in [5.41, 5.74) is 2.07. The van der Waals surface area contributed by atoms with Crippen molar-refractivity contribution in [2.24, 2.45) is 0 Å². The number of nitrogens with one attached hydrogen (secondary N) is 1. The standard InChI is InChI=1S/C20H20N2O4/c1-13-18(12-19(23)21-15-7-5-9-17(11-15)25-3)22-20(26-13)14-6-4-8-16(10-14)24-2/h4-11H,12H2,1-3H3,(H,21,23). The fourth-order valence-corrected chi connectivity index (χ4v) is 2.53. The lowest BCUT2D eigenvalue weighted by atomic mass is 10.2. The van der Waals surface area contributed by atoms with Gasteiger partial charge in [0.05, 0.1) is 26.3 Å². The molecule has 0 unspecified atom stereocenters. The molecular formula is C20H20N2O4. The summed E-state index contributed by atoms with van der Waals surface area (Å²) in [4.78, 5) is 16.8. The maximum absolute atomic E-state index is 12.3. The molecule has 134 valence electrons. The van der Waals surface area contributed by atoms with E-state index in [0.717, 1.165) is 11.3 Å². The summed E-state index contributed by atoms with van der Waals surface area (Å²) >= 11 is 0. The molecule has 1 N–H and O–H groups in total. The molecule has 0 atom stereocenters. The van der Waals surface area contributed by atoms with Crippen molar-refractivity contribution in [1.29, 1.82) is 0 Å². The van der Waals surface area contributed by atoms with Crippen LogP contribution in [0.5, 0.6) is 11.5 Å². The lowest BCUT2D eigenvalue weighted by Gasteiger charge is -2.06. The number of rotatable bonds is 6. The van der Waals surface area contributed by atoms with Crippen LogP contribution in [-0.2, 0) is 11.2 Å². The van der Waals surface area contributed by atoms with Crippen molar-refractivity contribution in [2.75, 3.05) is 19.5 Å². The van der Waals surface area contributed by atoms with E-state index in [1.807, 2.05) is 36.4 Å². The first-order valence-electron chi connectivity index (χ1n) is 8.13. The number of carbonyl (C=O) groups is 1. The van der Waals surface area contributed by atoms with Gasteiger partial charge < -0.3 is 19.2 Å². The van der Waals surface area contributed by atoms with Crippen LogP contribution in [-0.4, -0.2) is 25.1 Å². The first-order chi connectivity index (χ1) is 12.6. The summed E-state index contributed by atoms with van der Waals surface area (Å²) in [5, 5.41) is 2.84. The Balaban J connectivity index is 1.73. The van der Waals surface area contributed by atoms with Crippen LogP contribution in [0.1, 0.15) is 11.5 Å². The lowest BCUT2D eigenvalue weighted by molar-refractivity contribution is -0.115. The molecule has 2 aromatic carbocycles. The summed E-state index contributed by atoms with van der Waals surface area (Å²) in [6.45, 7) is 1.80. The number of aryl methyl sites for hydroxylation is 1. The summed E-state index contributed by atoms with van der Waals surface area (Å²) in [7, 11) is 3.19. The number of hydrogen-bond donors (Lipinski definition) is 1. The Morgan fingerprint density at radius 1 is 1.08 bits per heavy atom. The Morgan fingerprint density at radius 3 is 2.50 bits per heavy atom. The fourth-order valence-electron chi connectivity index (χ4n) is 2.53. The van der Waals surface area contributed by atoms with Crippen LogP contribution in [0.4, 0.5) is 5.69 Å². The summed E-state index contributed by atoms with van der Waals surface area (Å²) in [6, 6.07) is 14.6. The molecule has 0 spiro atoms. The van der Waals surface area contributed by atoms with E-state index in [9.17, 15) is 4.79 Å². The predicted octanol–water partition coefficient (Wildman–Crippen LogP) is 3.85. The first kappa shape index (κ1) is 17.5. The van der Waals surface area contributed by atoms with E-state index in [2.05, 4.69) is 10.3 Å². The highest BCUT2D eigenvalue weighted by atomic mass is 16.5. The number of benzene rings is 2. The molecule has 0 bridgehead atoms. The fraction of sp³-hybridized carbons (Fsp3) is 0.200. The van der Waals surface area contributed by atoms with Gasteiger partial charge in [-0.3, -0.25) is 4.79 Å². The van der Waals surface area contributed by atoms with Gasteiger partial charge in [0.15, 0.2) is 0 Å². The molecule has 0 aliphatic rings. The Kier molecular flexibility index (Phi) is 5.22. The number of oxazole rings is 1. The average Bonchev–Trinajstić information content (AvgIpc) is 3.02. The molecule has 0 aliphatic carbocycles. The zero-order valence-corrected chi connectivity index (χ0v) is 14.9. The number of carbonyl (C=O) groups excluding carboxylic acids is 1. The van der Waals surface area contributed by atoms with Crippen molar-refractivity contribution in [3.63, 3.8) is 0 Å². The minimum atomic E-state index is -0.174. The monoisotopic (exact) mass is 352 g/mol. The van der Waals surface area contributed by atoms with Crippen LogP contribution in [0, 0.1) is 6.92 Å². The minimum absolute atomic E-state index is 0.122. The van der Waals surface area contributed by atoms with Crippen molar-refractivity contribution >= 4 is 11.6 Å². The molecule has 1 amide bonds. The molecular weight excluding hydrogens is 332 g/mol. The topological polar surface area (TPSA) is 73.6 Å². The van der Waals surface area contributed by atoms with E-state index in [1.165, 1.54) is 0 Å². The Bertz CT molecular complexity index is 918. The molecule has 0 saturated heterocycles. The van der Waals surface area contributed by atoms with Gasteiger partial charge in [-0.05, 0) is 37.3 Å². The Labute approximate surface area is 151 Å². The van der Waals surface area contributed by atoms with Gasteiger partial charge in [-0.1, -0.05) is 12.1 Å². The number of amides is 1. The third-order valence-electron chi connectivity index (χ3n) is 3.89. The highest BCUT2D eigenvalue weighted by Crippen LogP contribution is 2.25. The van der Waals surface area contributed by atoms with Crippen molar-refractivity contribution in [2.45, 2.75) is 13.3 Å². The third-order valence-corrected chi connectivity index (χ3v) is 3.89. The summed E-state index contributed by atoms with van der Waals surface area (Å²) in [5.74, 6) is 2.30. The van der Waals surface area contributed by atoms with E-state index in [1.54, 1.807) is 33.3 Å². The molecule has 0 saturated carbocycles. The molecule has 1 heterocycles. The largest absolute Gasteiger partial charge is 0.497 e. The van der Waals surface area contributed by atoms with Crippen molar-refractivity contribution < 1.29 is 18.7 Å². The first-order valence-corrected chi connectivity index (χ1v) is 8.13. The maximum atomic E-state index is 12.3. The van der Waals surface area contributed by atoms with Gasteiger partial charge in [0, 0.05) is 17.3 Å². The molecule has 6 heteroatoms. The van der Waals surface area contributed by atoms with Crippen LogP contribution < -0.4 is 14.8 Å². The van der Waals surface area contributed by atoms with E-state index < -0.39 is 0 Å². The number of hydrogen-bond acceptors (Lipinski definition) is 5. The van der Waals surface area contributed by atoms with Gasteiger partial charge in [-0.15, -0.1) is 0 Å². The SMILES string of the molecule is COc1cccc(NC(=O)Cc2nc(-c3cccc(OC)c3)oc2C)c1. The zero-order valence-electron chi connectivity index (χ0n) is 14.9. The molecule has 0 aliphatic heterocycles. The van der Waals surface area contributed by atoms with Gasteiger partial charge in [-0.25, -0.2) is 4.98 Å². The molecule has 3 aromatic rings. The van der Waals surface area contributed by atoms with Crippen LogP contribution in [0.2, 0.25) is 0 Å². The molecule has 0 fully saturated rings. The highest BCUT2D eigenvalue weighted by Gasteiger charge is 2.15. The summed E-state index contributed by atoms with van der Waals surface area (Å²) < 4.78 is 16.1. The van der Waals surface area contributed by atoms with Crippen molar-refractivity contribution in [3.8, 4) is 23.0 Å². The summed E-state index contributed by atoms with van der Waals surface area (Å²) in [6.07, 6.45) is 0.122. The van der Waals surface area contributed by atoms with Crippen molar-refractivity contribution in [1.82, 2.24) is 4.98 Å². The highest BCUT2D eigenvalue weighted by molar-refractivity contribution is 5.92. The number of nitrogens with zero attached hydrogens (tertiary/aromatic N) is 1. The van der Waals surface area contributed by atoms with Gasteiger partial charge in [-0.2, -0.15) is 0 Å². The van der Waals surface area contributed by atoms with Gasteiger partial charge in [0.1, 0.15) is 17.3 Å². The third kappa shape index (κ3) is 4.03. The van der Waals surface area contributed by atoms with Crippen LogP contribution in [0.25, 0.3) is 11.5 Å². The Hall–Kier alpha value is -3.28. The normalized spacial score (nSPS) is 10.4. The number of ether oxygens (including phenoxy) is 2. The van der Waals surface area contributed by atoms with Crippen LogP contribution >= 0.6 is 0 Å². The van der Waals surface area contributed by atoms with E-state index >= 15 is 0 Å². The van der Waals surface area contributed by atoms with Crippen LogP contribution in [0.15, 0.2) is 52.9 Å². The van der Waals surface area contributed by atoms with Gasteiger partial charge >= 0.3 is 0 Å². The lowest BCUT2D eigenvalue weighted by Crippen LogP contribution is -2.15. The number of aromatic nitrogens is 1. The molecule has 26 heavy (non-hydrogen) atoms. The smallest absolute Gasteiger partial charge is 0.230 e. The van der Waals surface area contributed by atoms with E-state index in [-0.39, 0.29) is 12.3 Å². The van der Waals surface area contributed by atoms with E-state index in [0.29, 0.717) is 28.8 Å². The van der Waals surface area contributed by atoms with E-state index in [4.69, 9.17) is 13.9 Å². The number of anilines is 1. The average molecular weight is 352 g/mol. The Morgan fingerprint density at radius 2 is 1.77 bits per heavy atom. The molecule has 6 nitrogen and oxygen atoms in total. The zero-order chi connectivity index (χ0) is 18.5. The predicted molar refractivity (Wildman–Crippen MR) is 98.6 cm³/mol. The maximum Gasteiger partial charge on any atom is 0.230 e. The molecule has 1 aromatic heterocycles. The van der Waals surface area contributed by atoms with Crippen LogP contribution in [0.3, 0.4) is 0 Å². The second kappa shape index (κ2) is 7.74. The number of methoxy groups -OCH3 is 2. The minimum Gasteiger partial charge on any atom is -0.497 e. The quantitative estimate of drug-likeness (QED) is 0.729. The molecule has 0 radical (unpaired) electrons. The van der Waals surface area contributed by atoms with Gasteiger partial charge in [0.2, 0.25) is 11.8 Å². The van der Waals surface area contributed by atoms with Crippen molar-refractivity contribution in [3.05, 3.63) is 60.0 Å². The molecule has 3 rings (SSSR count). The van der Waals surface area contributed by atoms with Gasteiger partial charge in [0.25, 0.3) is 0 Å². The second-order valence-electron chi connectivity index (χ2n) is 5.71. The second-order valence-corrected chi connectivity index (χ2v) is 5.71.